The largest absolute Gasteiger partial charge is 0.368 e. The summed E-state index contributed by atoms with van der Waals surface area (Å²) in [5.41, 5.74) is 9.34. The van der Waals surface area contributed by atoms with Crippen LogP contribution in [0.3, 0.4) is 0 Å². The molecule has 4 heteroatoms. The molecule has 1 heterocycles. The lowest BCUT2D eigenvalue weighted by Crippen LogP contribution is -2.20. The van der Waals surface area contributed by atoms with Crippen LogP contribution in [0.25, 0.3) is 0 Å². The van der Waals surface area contributed by atoms with Crippen molar-refractivity contribution in [1.82, 2.24) is 4.98 Å². The van der Waals surface area contributed by atoms with Gasteiger partial charge in [-0.1, -0.05) is 12.1 Å². The Labute approximate surface area is 118 Å². The number of nitrogens with zero attached hydrogens (tertiary/aromatic N) is 2. The predicted octanol–water partition coefficient (Wildman–Crippen LogP) is 2.90. The summed E-state index contributed by atoms with van der Waals surface area (Å²) in [7, 11) is 2.08. The third-order valence-electron chi connectivity index (χ3n) is 3.07. The van der Waals surface area contributed by atoms with Crippen LogP contribution in [-0.4, -0.2) is 18.3 Å². The van der Waals surface area contributed by atoms with Gasteiger partial charge in [0.2, 0.25) is 0 Å². The molecular formula is C15H19N3S. The lowest BCUT2D eigenvalue weighted by Gasteiger charge is -2.23. The van der Waals surface area contributed by atoms with Gasteiger partial charge in [-0.2, -0.15) is 0 Å². The van der Waals surface area contributed by atoms with Gasteiger partial charge in [0.25, 0.3) is 0 Å². The molecule has 0 radical (unpaired) electrons. The molecule has 1 aromatic heterocycles. The van der Waals surface area contributed by atoms with Gasteiger partial charge >= 0.3 is 0 Å². The Morgan fingerprint density at radius 3 is 2.68 bits per heavy atom. The molecule has 2 N–H and O–H groups in total. The van der Waals surface area contributed by atoms with E-state index in [4.69, 9.17) is 5.73 Å². The normalized spacial score (nSPS) is 10.5. The number of nitrogens with two attached hydrogens (primary N) is 1. The molecular weight excluding hydrogens is 254 g/mol. The standard InChI is InChI=1S/C15H19N3S/c1-18(11-12-6-3-4-9-17-12)14-7-5-8-15(19-2)13(14)10-16/h3-9H,10-11,16H2,1-2H3. The summed E-state index contributed by atoms with van der Waals surface area (Å²) in [5.74, 6) is 0. The lowest BCUT2D eigenvalue weighted by atomic mass is 10.1. The van der Waals surface area contributed by atoms with Crippen LogP contribution in [-0.2, 0) is 13.1 Å². The number of thioether (sulfide) groups is 1. The fourth-order valence-corrected chi connectivity index (χ4v) is 2.78. The van der Waals surface area contributed by atoms with Crippen molar-refractivity contribution in [2.45, 2.75) is 18.0 Å². The van der Waals surface area contributed by atoms with Crippen LogP contribution < -0.4 is 10.6 Å². The van der Waals surface area contributed by atoms with Gasteiger partial charge in [-0.3, -0.25) is 4.98 Å². The van der Waals surface area contributed by atoms with Crippen molar-refractivity contribution in [3.8, 4) is 0 Å². The first-order valence-electron chi connectivity index (χ1n) is 6.23. The molecule has 0 bridgehead atoms. The number of benzene rings is 1. The van der Waals surface area contributed by atoms with Gasteiger partial charge in [-0.05, 0) is 30.5 Å². The smallest absolute Gasteiger partial charge is 0.0598 e. The summed E-state index contributed by atoms with van der Waals surface area (Å²) < 4.78 is 0. The summed E-state index contributed by atoms with van der Waals surface area (Å²) >= 11 is 1.74. The second-order valence-electron chi connectivity index (χ2n) is 4.34. The van der Waals surface area contributed by atoms with Crippen LogP contribution in [0.2, 0.25) is 0 Å². The van der Waals surface area contributed by atoms with E-state index in [0.717, 1.165) is 12.2 Å². The van der Waals surface area contributed by atoms with Gasteiger partial charge in [0.05, 0.1) is 12.2 Å². The SMILES string of the molecule is CSc1cccc(N(C)Cc2ccccn2)c1CN. The monoisotopic (exact) mass is 273 g/mol. The highest BCUT2D eigenvalue weighted by Gasteiger charge is 2.10. The average Bonchev–Trinajstić information content (AvgIpc) is 2.47. The molecule has 2 rings (SSSR count). The molecule has 0 saturated heterocycles. The zero-order chi connectivity index (χ0) is 13.7. The molecule has 0 atom stereocenters. The van der Waals surface area contributed by atoms with Crippen LogP contribution in [0.1, 0.15) is 11.3 Å². The minimum absolute atomic E-state index is 0.554. The van der Waals surface area contributed by atoms with Crippen LogP contribution in [0, 0.1) is 0 Å². The molecule has 19 heavy (non-hydrogen) atoms. The van der Waals surface area contributed by atoms with Crippen LogP contribution in [0.4, 0.5) is 5.69 Å². The highest BCUT2D eigenvalue weighted by atomic mass is 32.2. The Balaban J connectivity index is 2.26. The van der Waals surface area contributed by atoms with E-state index >= 15 is 0 Å². The van der Waals surface area contributed by atoms with Crippen molar-refractivity contribution in [3.63, 3.8) is 0 Å². The van der Waals surface area contributed by atoms with Gasteiger partial charge in [-0.25, -0.2) is 0 Å². The molecule has 100 valence electrons. The Hall–Kier alpha value is -1.52. The molecule has 0 fully saturated rings. The van der Waals surface area contributed by atoms with E-state index in [1.165, 1.54) is 16.1 Å². The molecule has 0 spiro atoms. The summed E-state index contributed by atoms with van der Waals surface area (Å²) in [6.07, 6.45) is 3.91. The number of pyridine rings is 1. The number of anilines is 1. The Kier molecular flexibility index (Phi) is 4.82. The highest BCUT2D eigenvalue weighted by molar-refractivity contribution is 7.98. The van der Waals surface area contributed by atoms with Gasteiger partial charge < -0.3 is 10.6 Å². The van der Waals surface area contributed by atoms with Crippen molar-refractivity contribution in [1.29, 1.82) is 0 Å². The maximum atomic E-state index is 5.90. The van der Waals surface area contributed by atoms with E-state index < -0.39 is 0 Å². The lowest BCUT2D eigenvalue weighted by molar-refractivity contribution is 0.866. The maximum Gasteiger partial charge on any atom is 0.0598 e. The van der Waals surface area contributed by atoms with Crippen molar-refractivity contribution in [2.75, 3.05) is 18.2 Å². The van der Waals surface area contributed by atoms with Crippen LogP contribution in [0.5, 0.6) is 0 Å². The van der Waals surface area contributed by atoms with Crippen LogP contribution >= 0.6 is 11.8 Å². The fraction of sp³-hybridized carbons (Fsp3) is 0.267. The highest BCUT2D eigenvalue weighted by Crippen LogP contribution is 2.29. The van der Waals surface area contributed by atoms with Gasteiger partial charge in [0.15, 0.2) is 0 Å². The first kappa shape index (κ1) is 13.9. The summed E-state index contributed by atoms with van der Waals surface area (Å²) in [5, 5.41) is 0. The zero-order valence-electron chi connectivity index (χ0n) is 11.3. The van der Waals surface area contributed by atoms with E-state index in [0.29, 0.717) is 6.54 Å². The molecule has 0 aliphatic carbocycles. The molecule has 0 saturated carbocycles. The predicted molar refractivity (Wildman–Crippen MR) is 82.5 cm³/mol. The number of hydrogen-bond acceptors (Lipinski definition) is 4. The van der Waals surface area contributed by atoms with E-state index in [9.17, 15) is 0 Å². The minimum atomic E-state index is 0.554. The van der Waals surface area contributed by atoms with E-state index in [2.05, 4.69) is 41.4 Å². The maximum absolute atomic E-state index is 5.90. The van der Waals surface area contributed by atoms with E-state index in [1.54, 1.807) is 11.8 Å². The van der Waals surface area contributed by atoms with Crippen LogP contribution in [0.15, 0.2) is 47.5 Å². The van der Waals surface area contributed by atoms with Gasteiger partial charge in [0, 0.05) is 35.9 Å². The first-order valence-corrected chi connectivity index (χ1v) is 7.45. The molecule has 0 amide bonds. The topological polar surface area (TPSA) is 42.2 Å². The van der Waals surface area contributed by atoms with Crippen molar-refractivity contribution >= 4 is 17.4 Å². The second-order valence-corrected chi connectivity index (χ2v) is 5.19. The molecule has 0 aliphatic heterocycles. The van der Waals surface area contributed by atoms with Gasteiger partial charge in [0.1, 0.15) is 0 Å². The Bertz CT molecular complexity index is 528. The molecule has 0 aliphatic rings. The Morgan fingerprint density at radius 1 is 1.21 bits per heavy atom. The summed E-state index contributed by atoms with van der Waals surface area (Å²) in [6.45, 7) is 1.34. The molecule has 1 aromatic carbocycles. The molecule has 2 aromatic rings. The quantitative estimate of drug-likeness (QED) is 0.851. The first-order chi connectivity index (χ1) is 9.26. The second kappa shape index (κ2) is 6.59. The summed E-state index contributed by atoms with van der Waals surface area (Å²) in [6, 6.07) is 12.3. The van der Waals surface area contributed by atoms with Crippen molar-refractivity contribution in [3.05, 3.63) is 53.9 Å². The van der Waals surface area contributed by atoms with E-state index in [-0.39, 0.29) is 0 Å². The zero-order valence-corrected chi connectivity index (χ0v) is 12.2. The molecule has 0 unspecified atom stereocenters. The summed E-state index contributed by atoms with van der Waals surface area (Å²) in [4.78, 5) is 7.81. The molecule has 3 nitrogen and oxygen atoms in total. The third kappa shape index (κ3) is 3.28. The average molecular weight is 273 g/mol. The number of aromatic nitrogens is 1. The Morgan fingerprint density at radius 2 is 2.05 bits per heavy atom. The number of hydrogen-bond donors (Lipinski definition) is 1. The number of rotatable bonds is 5. The van der Waals surface area contributed by atoms with E-state index in [1.807, 2.05) is 24.4 Å². The third-order valence-corrected chi connectivity index (χ3v) is 3.89. The fourth-order valence-electron chi connectivity index (χ4n) is 2.13. The van der Waals surface area contributed by atoms with Crippen molar-refractivity contribution < 1.29 is 0 Å². The minimum Gasteiger partial charge on any atom is -0.368 e. The van der Waals surface area contributed by atoms with Gasteiger partial charge in [-0.15, -0.1) is 11.8 Å². The van der Waals surface area contributed by atoms with Crippen molar-refractivity contribution in [2.24, 2.45) is 5.73 Å².